The number of hydrogen-bond donors (Lipinski definition) is 2. The number of aromatic nitrogens is 2. The first-order valence-electron chi connectivity index (χ1n) is 6.70. The molecule has 0 aliphatic rings. The monoisotopic (exact) mass is 305 g/mol. The van der Waals surface area contributed by atoms with E-state index in [1.54, 1.807) is 18.9 Å². The summed E-state index contributed by atoms with van der Waals surface area (Å²) in [6.45, 7) is 3.23. The van der Waals surface area contributed by atoms with Crippen LogP contribution in [0.1, 0.15) is 11.3 Å². The molecular weight excluding hydrogens is 286 g/mol. The molecule has 6 heteroatoms. The Morgan fingerprint density at radius 3 is 2.81 bits per heavy atom. The van der Waals surface area contributed by atoms with E-state index < -0.39 is 0 Å². The van der Waals surface area contributed by atoms with Gasteiger partial charge in [-0.15, -0.1) is 11.8 Å². The third-order valence-electron chi connectivity index (χ3n) is 2.80. The molecule has 21 heavy (non-hydrogen) atoms. The minimum absolute atomic E-state index is 0.149. The molecule has 2 aromatic rings. The number of aryl methyl sites for hydroxylation is 1. The molecule has 112 valence electrons. The standard InChI is InChI=1S/C15H19N3O2S/c1-11-3-5-13(6-4-11)21-10-12-9-14(19)18-15(17-12)16-7-8-20-2/h3-6,9H,7-8,10H2,1-2H3,(H2,16,17,18,19). The summed E-state index contributed by atoms with van der Waals surface area (Å²) in [5.74, 6) is 1.14. The molecule has 0 unspecified atom stereocenters. The van der Waals surface area contributed by atoms with Gasteiger partial charge in [0.1, 0.15) is 0 Å². The molecule has 1 aromatic carbocycles. The number of benzene rings is 1. The predicted molar refractivity (Wildman–Crippen MR) is 86.0 cm³/mol. The molecule has 0 amide bonds. The molecule has 5 nitrogen and oxygen atoms in total. The van der Waals surface area contributed by atoms with Gasteiger partial charge in [-0.25, -0.2) is 4.98 Å². The average molecular weight is 305 g/mol. The van der Waals surface area contributed by atoms with Gasteiger partial charge in [-0.1, -0.05) is 17.7 Å². The van der Waals surface area contributed by atoms with E-state index in [2.05, 4.69) is 46.5 Å². The van der Waals surface area contributed by atoms with Crippen molar-refractivity contribution >= 4 is 17.7 Å². The SMILES string of the molecule is COCCNc1nc(CSc2ccc(C)cc2)cc(=O)[nH]1. The summed E-state index contributed by atoms with van der Waals surface area (Å²) in [6.07, 6.45) is 0. The van der Waals surface area contributed by atoms with Crippen LogP contribution in [0.15, 0.2) is 40.0 Å². The Bertz CT molecular complexity index is 626. The van der Waals surface area contributed by atoms with Gasteiger partial charge in [0.2, 0.25) is 5.95 Å². The summed E-state index contributed by atoms with van der Waals surface area (Å²) >= 11 is 1.66. The molecule has 1 aromatic heterocycles. The van der Waals surface area contributed by atoms with Gasteiger partial charge in [-0.3, -0.25) is 9.78 Å². The second-order valence-electron chi connectivity index (χ2n) is 4.61. The largest absolute Gasteiger partial charge is 0.383 e. The molecule has 0 spiro atoms. The number of rotatable bonds is 7. The van der Waals surface area contributed by atoms with Crippen molar-refractivity contribution in [2.24, 2.45) is 0 Å². The highest BCUT2D eigenvalue weighted by atomic mass is 32.2. The third-order valence-corrected chi connectivity index (χ3v) is 3.85. The molecule has 0 radical (unpaired) electrons. The topological polar surface area (TPSA) is 67.0 Å². The second-order valence-corrected chi connectivity index (χ2v) is 5.66. The summed E-state index contributed by atoms with van der Waals surface area (Å²) in [6, 6.07) is 9.83. The number of nitrogens with one attached hydrogen (secondary N) is 2. The quantitative estimate of drug-likeness (QED) is 0.607. The molecule has 0 bridgehead atoms. The number of ether oxygens (including phenoxy) is 1. The van der Waals surface area contributed by atoms with Crippen LogP contribution in [0, 0.1) is 6.92 Å². The summed E-state index contributed by atoms with van der Waals surface area (Å²) in [5.41, 5.74) is 1.84. The average Bonchev–Trinajstić information content (AvgIpc) is 2.46. The van der Waals surface area contributed by atoms with Crippen LogP contribution in [-0.4, -0.2) is 30.2 Å². The minimum Gasteiger partial charge on any atom is -0.383 e. The Hall–Kier alpha value is -1.79. The lowest BCUT2D eigenvalue weighted by Crippen LogP contribution is -2.16. The van der Waals surface area contributed by atoms with Gasteiger partial charge in [0, 0.05) is 30.4 Å². The summed E-state index contributed by atoms with van der Waals surface area (Å²) in [5, 5.41) is 3.03. The van der Waals surface area contributed by atoms with Gasteiger partial charge in [-0.2, -0.15) is 0 Å². The number of hydrogen-bond acceptors (Lipinski definition) is 5. The van der Waals surface area contributed by atoms with Crippen LogP contribution in [0.2, 0.25) is 0 Å². The van der Waals surface area contributed by atoms with Crippen LogP contribution in [0.5, 0.6) is 0 Å². The fourth-order valence-corrected chi connectivity index (χ4v) is 2.52. The van der Waals surface area contributed by atoms with Crippen molar-refractivity contribution in [1.29, 1.82) is 0 Å². The van der Waals surface area contributed by atoms with E-state index in [1.165, 1.54) is 11.6 Å². The normalized spacial score (nSPS) is 10.6. The van der Waals surface area contributed by atoms with Gasteiger partial charge >= 0.3 is 0 Å². The summed E-state index contributed by atoms with van der Waals surface area (Å²) < 4.78 is 4.95. The van der Waals surface area contributed by atoms with E-state index in [4.69, 9.17) is 4.74 Å². The molecule has 0 saturated heterocycles. The lowest BCUT2D eigenvalue weighted by Gasteiger charge is -2.06. The van der Waals surface area contributed by atoms with E-state index in [-0.39, 0.29) is 5.56 Å². The zero-order valence-electron chi connectivity index (χ0n) is 12.2. The fraction of sp³-hybridized carbons (Fsp3) is 0.333. The van der Waals surface area contributed by atoms with Crippen molar-refractivity contribution in [3.05, 3.63) is 51.9 Å². The van der Waals surface area contributed by atoms with Crippen LogP contribution < -0.4 is 10.9 Å². The Morgan fingerprint density at radius 1 is 1.33 bits per heavy atom. The van der Waals surface area contributed by atoms with Crippen molar-refractivity contribution < 1.29 is 4.74 Å². The number of nitrogens with zero attached hydrogens (tertiary/aromatic N) is 1. The first kappa shape index (κ1) is 15.6. The third kappa shape index (κ3) is 5.24. The van der Waals surface area contributed by atoms with E-state index in [9.17, 15) is 4.79 Å². The smallest absolute Gasteiger partial charge is 0.252 e. The Labute approximate surface area is 128 Å². The number of H-pyrrole nitrogens is 1. The van der Waals surface area contributed by atoms with Crippen molar-refractivity contribution in [3.63, 3.8) is 0 Å². The summed E-state index contributed by atoms with van der Waals surface area (Å²) in [4.78, 5) is 19.9. The second kappa shape index (κ2) is 7.85. The van der Waals surface area contributed by atoms with Gasteiger partial charge in [0.25, 0.3) is 5.56 Å². The van der Waals surface area contributed by atoms with Crippen molar-refractivity contribution in [2.45, 2.75) is 17.6 Å². The minimum atomic E-state index is -0.149. The van der Waals surface area contributed by atoms with E-state index in [0.717, 1.165) is 10.6 Å². The Morgan fingerprint density at radius 2 is 2.10 bits per heavy atom. The lowest BCUT2D eigenvalue weighted by atomic mass is 10.2. The maximum Gasteiger partial charge on any atom is 0.252 e. The van der Waals surface area contributed by atoms with Crippen molar-refractivity contribution in [1.82, 2.24) is 9.97 Å². The van der Waals surface area contributed by atoms with Gasteiger partial charge < -0.3 is 10.1 Å². The molecule has 2 rings (SSSR count). The maximum atomic E-state index is 11.6. The van der Waals surface area contributed by atoms with Gasteiger partial charge in [0.05, 0.1) is 12.3 Å². The maximum absolute atomic E-state index is 11.6. The zero-order chi connectivity index (χ0) is 15.1. The number of aromatic amines is 1. The van der Waals surface area contributed by atoms with Crippen LogP contribution in [0.25, 0.3) is 0 Å². The van der Waals surface area contributed by atoms with Crippen molar-refractivity contribution in [3.8, 4) is 0 Å². The number of anilines is 1. The van der Waals surface area contributed by atoms with Crippen LogP contribution in [-0.2, 0) is 10.5 Å². The lowest BCUT2D eigenvalue weighted by molar-refractivity contribution is 0.210. The highest BCUT2D eigenvalue weighted by molar-refractivity contribution is 7.98. The van der Waals surface area contributed by atoms with Gasteiger partial charge in [0.15, 0.2) is 0 Å². The number of thioether (sulfide) groups is 1. The first-order chi connectivity index (χ1) is 10.2. The predicted octanol–water partition coefficient (Wildman–Crippen LogP) is 2.43. The number of methoxy groups -OCH3 is 1. The molecule has 0 saturated carbocycles. The van der Waals surface area contributed by atoms with Crippen LogP contribution in [0.3, 0.4) is 0 Å². The van der Waals surface area contributed by atoms with Crippen molar-refractivity contribution in [2.75, 3.05) is 25.6 Å². The molecule has 0 atom stereocenters. The molecule has 0 aliphatic heterocycles. The highest BCUT2D eigenvalue weighted by Crippen LogP contribution is 2.21. The Balaban J connectivity index is 1.99. The zero-order valence-corrected chi connectivity index (χ0v) is 13.0. The van der Waals surface area contributed by atoms with E-state index in [1.807, 2.05) is 0 Å². The first-order valence-corrected chi connectivity index (χ1v) is 7.68. The molecule has 0 fully saturated rings. The molecular formula is C15H19N3O2S. The fourth-order valence-electron chi connectivity index (χ4n) is 1.73. The van der Waals surface area contributed by atoms with E-state index in [0.29, 0.717) is 24.9 Å². The molecule has 2 N–H and O–H groups in total. The summed E-state index contributed by atoms with van der Waals surface area (Å²) in [7, 11) is 1.63. The van der Waals surface area contributed by atoms with Crippen LogP contribution in [0.4, 0.5) is 5.95 Å². The Kier molecular flexibility index (Phi) is 5.83. The van der Waals surface area contributed by atoms with Gasteiger partial charge in [-0.05, 0) is 19.1 Å². The highest BCUT2D eigenvalue weighted by Gasteiger charge is 2.02. The molecule has 1 heterocycles. The van der Waals surface area contributed by atoms with Crippen LogP contribution >= 0.6 is 11.8 Å². The van der Waals surface area contributed by atoms with E-state index >= 15 is 0 Å². The molecule has 0 aliphatic carbocycles.